The van der Waals surface area contributed by atoms with Gasteiger partial charge in [-0.15, -0.1) is 0 Å². The summed E-state index contributed by atoms with van der Waals surface area (Å²) in [6, 6.07) is 13.2. The molecule has 38 heavy (non-hydrogen) atoms. The first-order valence-corrected chi connectivity index (χ1v) is 12.5. The fourth-order valence-corrected chi connectivity index (χ4v) is 5.24. The van der Waals surface area contributed by atoms with Crippen molar-refractivity contribution in [3.05, 3.63) is 59.9 Å². The highest BCUT2D eigenvalue weighted by Gasteiger charge is 2.56. The molecule has 0 bridgehead atoms. The molecule has 0 saturated carbocycles. The fraction of sp³-hybridized carbons (Fsp3) is 0.393. The van der Waals surface area contributed by atoms with Crippen LogP contribution in [-0.2, 0) is 24.6 Å². The molecule has 0 aromatic heterocycles. The number of hydrogen-bond donors (Lipinski definition) is 2. The zero-order chi connectivity index (χ0) is 27.6. The van der Waals surface area contributed by atoms with Crippen molar-refractivity contribution in [1.29, 1.82) is 5.26 Å². The van der Waals surface area contributed by atoms with Crippen LogP contribution in [0.15, 0.2) is 48.5 Å². The zero-order valence-electron chi connectivity index (χ0n) is 21.5. The molecule has 2 aromatic rings. The Kier molecular flexibility index (Phi) is 7.49. The summed E-state index contributed by atoms with van der Waals surface area (Å²) in [5.41, 5.74) is 0.319. The van der Waals surface area contributed by atoms with Gasteiger partial charge in [0.05, 0.1) is 17.2 Å². The number of benzene rings is 2. The van der Waals surface area contributed by atoms with Crippen molar-refractivity contribution in [2.75, 3.05) is 24.2 Å². The van der Waals surface area contributed by atoms with Crippen molar-refractivity contribution < 1.29 is 23.6 Å². The Hall–Kier alpha value is -4.26. The molecule has 1 fully saturated rings. The van der Waals surface area contributed by atoms with Crippen molar-refractivity contribution in [3.8, 4) is 6.07 Å². The van der Waals surface area contributed by atoms with Crippen LogP contribution in [-0.4, -0.2) is 59.1 Å². The standard InChI is InChI=1S/C28H30FN5O4/c1-17(2)12-23(33(3)25(36)13-24(35)31-22-11-7-5-9-20(22)29)26(37)34-16-28(14-18(34)15-30)19-8-4-6-10-21(19)32-27(28)38/h4-11,17-18,23H,12-14,16H2,1-3H3,(H,31,35)(H,32,38)/t18?,23-,28-/m0/s1. The molecule has 0 radical (unpaired) electrons. The molecule has 2 aliphatic rings. The summed E-state index contributed by atoms with van der Waals surface area (Å²) in [6.45, 7) is 3.81. The summed E-state index contributed by atoms with van der Waals surface area (Å²) in [7, 11) is 1.44. The molecule has 4 rings (SSSR count). The number of carbonyl (C=O) groups is 4. The minimum atomic E-state index is -1.04. The van der Waals surface area contributed by atoms with Crippen molar-refractivity contribution in [2.24, 2.45) is 5.92 Å². The topological polar surface area (TPSA) is 123 Å². The second kappa shape index (κ2) is 10.6. The number of carbonyl (C=O) groups excluding carboxylic acids is 4. The third kappa shape index (κ3) is 4.96. The van der Waals surface area contributed by atoms with E-state index in [1.165, 1.54) is 35.0 Å². The Morgan fingerprint density at radius 1 is 1.21 bits per heavy atom. The van der Waals surface area contributed by atoms with Crippen molar-refractivity contribution in [2.45, 2.75) is 50.6 Å². The summed E-state index contributed by atoms with van der Waals surface area (Å²) >= 11 is 0. The minimum absolute atomic E-state index is 0.0112. The van der Waals surface area contributed by atoms with E-state index in [2.05, 4.69) is 16.7 Å². The third-order valence-electron chi connectivity index (χ3n) is 7.22. The van der Waals surface area contributed by atoms with Crippen LogP contribution in [0.5, 0.6) is 0 Å². The fourth-order valence-electron chi connectivity index (χ4n) is 5.24. The average molecular weight is 520 g/mol. The molecule has 2 N–H and O–H groups in total. The van der Waals surface area contributed by atoms with E-state index in [-0.39, 0.29) is 30.5 Å². The van der Waals surface area contributed by atoms with E-state index in [0.29, 0.717) is 12.1 Å². The molecular formula is C28H30FN5O4. The molecule has 3 atom stereocenters. The number of anilines is 2. The second-order valence-electron chi connectivity index (χ2n) is 10.3. The molecule has 2 aromatic carbocycles. The van der Waals surface area contributed by atoms with Crippen LogP contribution in [0, 0.1) is 23.1 Å². The summed E-state index contributed by atoms with van der Waals surface area (Å²) < 4.78 is 13.9. The number of halogens is 1. The lowest BCUT2D eigenvalue weighted by atomic mass is 9.80. The lowest BCUT2D eigenvalue weighted by Crippen LogP contribution is -2.52. The maximum atomic E-state index is 13.9. The maximum absolute atomic E-state index is 13.9. The SMILES string of the molecule is CC(C)C[C@@H](C(=O)N1C[C@]2(CC1C#N)C(=O)Nc1ccccc12)N(C)C(=O)CC(=O)Nc1ccccc1F. The number of nitrogens with zero attached hydrogens (tertiary/aromatic N) is 3. The summed E-state index contributed by atoms with van der Waals surface area (Å²) in [5, 5.41) is 15.2. The van der Waals surface area contributed by atoms with Gasteiger partial charge in [0.25, 0.3) is 0 Å². The van der Waals surface area contributed by atoms with Gasteiger partial charge in [0, 0.05) is 25.7 Å². The van der Waals surface area contributed by atoms with E-state index in [4.69, 9.17) is 0 Å². The number of rotatable bonds is 7. The van der Waals surface area contributed by atoms with Crippen LogP contribution >= 0.6 is 0 Å². The van der Waals surface area contributed by atoms with E-state index in [1.807, 2.05) is 26.0 Å². The van der Waals surface area contributed by atoms with Gasteiger partial charge in [0.2, 0.25) is 23.6 Å². The van der Waals surface area contributed by atoms with E-state index >= 15 is 0 Å². The number of nitrogens with one attached hydrogen (secondary N) is 2. The third-order valence-corrected chi connectivity index (χ3v) is 7.22. The molecule has 1 unspecified atom stereocenters. The van der Waals surface area contributed by atoms with Crippen LogP contribution in [0.25, 0.3) is 0 Å². The van der Waals surface area contributed by atoms with Gasteiger partial charge >= 0.3 is 0 Å². The smallest absolute Gasteiger partial charge is 0.246 e. The van der Waals surface area contributed by atoms with Crippen molar-refractivity contribution in [3.63, 3.8) is 0 Å². The summed E-state index contributed by atoms with van der Waals surface area (Å²) in [6.07, 6.45) is -0.149. The highest BCUT2D eigenvalue weighted by Crippen LogP contribution is 2.46. The Morgan fingerprint density at radius 3 is 2.58 bits per heavy atom. The van der Waals surface area contributed by atoms with Crippen LogP contribution in [0.3, 0.4) is 0 Å². The average Bonchev–Trinajstić information content (AvgIpc) is 3.41. The zero-order valence-corrected chi connectivity index (χ0v) is 21.5. The molecule has 1 spiro atoms. The van der Waals surface area contributed by atoms with Crippen LogP contribution in [0.2, 0.25) is 0 Å². The van der Waals surface area contributed by atoms with E-state index in [0.717, 1.165) is 5.56 Å². The van der Waals surface area contributed by atoms with Gasteiger partial charge < -0.3 is 20.4 Å². The number of likely N-dealkylation sites (N-methyl/N-ethyl adjacent to an activating group) is 1. The molecule has 10 heteroatoms. The van der Waals surface area contributed by atoms with Gasteiger partial charge in [-0.05, 0) is 36.1 Å². The number of amides is 4. The van der Waals surface area contributed by atoms with E-state index in [9.17, 15) is 28.8 Å². The first-order chi connectivity index (χ1) is 18.1. The molecule has 2 heterocycles. The number of hydrogen-bond acceptors (Lipinski definition) is 5. The van der Waals surface area contributed by atoms with Crippen LogP contribution in [0.4, 0.5) is 15.8 Å². The summed E-state index contributed by atoms with van der Waals surface area (Å²) in [5.74, 6) is -2.66. The predicted molar refractivity (Wildman–Crippen MR) is 138 cm³/mol. The second-order valence-corrected chi connectivity index (χ2v) is 10.3. The van der Waals surface area contributed by atoms with Crippen molar-refractivity contribution >= 4 is 35.0 Å². The highest BCUT2D eigenvalue weighted by atomic mass is 19.1. The molecule has 1 saturated heterocycles. The molecule has 198 valence electrons. The molecule has 2 aliphatic heterocycles. The first kappa shape index (κ1) is 26.8. The monoisotopic (exact) mass is 519 g/mol. The number of nitriles is 1. The maximum Gasteiger partial charge on any atom is 0.246 e. The molecular weight excluding hydrogens is 489 g/mol. The predicted octanol–water partition coefficient (Wildman–Crippen LogP) is 3.04. The minimum Gasteiger partial charge on any atom is -0.333 e. The number of para-hydroxylation sites is 2. The van der Waals surface area contributed by atoms with E-state index < -0.39 is 47.5 Å². The Labute approximate surface area is 220 Å². The number of likely N-dealkylation sites (tertiary alicyclic amines) is 1. The lowest BCUT2D eigenvalue weighted by molar-refractivity contribution is -0.146. The first-order valence-electron chi connectivity index (χ1n) is 12.5. The quantitative estimate of drug-likeness (QED) is 0.545. The lowest BCUT2D eigenvalue weighted by Gasteiger charge is -2.33. The Balaban J connectivity index is 1.53. The number of fused-ring (bicyclic) bond motifs is 2. The largest absolute Gasteiger partial charge is 0.333 e. The molecule has 0 aliphatic carbocycles. The Morgan fingerprint density at radius 2 is 1.89 bits per heavy atom. The van der Waals surface area contributed by atoms with Gasteiger partial charge in [-0.3, -0.25) is 19.2 Å². The molecule has 9 nitrogen and oxygen atoms in total. The summed E-state index contributed by atoms with van der Waals surface area (Å²) in [4.78, 5) is 55.1. The van der Waals surface area contributed by atoms with Crippen LogP contribution in [0.1, 0.15) is 38.7 Å². The van der Waals surface area contributed by atoms with Gasteiger partial charge in [0.1, 0.15) is 24.3 Å². The van der Waals surface area contributed by atoms with Crippen molar-refractivity contribution in [1.82, 2.24) is 9.80 Å². The van der Waals surface area contributed by atoms with Gasteiger partial charge in [-0.2, -0.15) is 5.26 Å². The van der Waals surface area contributed by atoms with Crippen LogP contribution < -0.4 is 10.6 Å². The molecule has 4 amide bonds. The van der Waals surface area contributed by atoms with Gasteiger partial charge in [-0.25, -0.2) is 4.39 Å². The van der Waals surface area contributed by atoms with Gasteiger partial charge in [0.15, 0.2) is 0 Å². The Bertz CT molecular complexity index is 1320. The highest BCUT2D eigenvalue weighted by molar-refractivity contribution is 6.08. The van der Waals surface area contributed by atoms with Gasteiger partial charge in [-0.1, -0.05) is 44.2 Å². The normalized spacial score (nSPS) is 20.6. The van der Waals surface area contributed by atoms with E-state index in [1.54, 1.807) is 18.2 Å².